The molecule has 19 heavy (non-hydrogen) atoms. The number of carbonyl (C=O) groups is 1. The molecule has 1 aromatic carbocycles. The van der Waals surface area contributed by atoms with Gasteiger partial charge in [0.05, 0.1) is 24.8 Å². The van der Waals surface area contributed by atoms with Gasteiger partial charge in [-0.25, -0.2) is 12.7 Å². The molecule has 0 fully saturated rings. The first-order valence-electron chi connectivity index (χ1n) is 5.92. The fraction of sp³-hybridized carbons (Fsp3) is 0.417. The van der Waals surface area contributed by atoms with Crippen LogP contribution in [0.4, 0.5) is 5.69 Å². The largest absolute Gasteiger partial charge is 0.399 e. The summed E-state index contributed by atoms with van der Waals surface area (Å²) in [5, 5.41) is 0. The second kappa shape index (κ2) is 4.82. The van der Waals surface area contributed by atoms with Gasteiger partial charge in [0, 0.05) is 5.69 Å². The van der Waals surface area contributed by atoms with Gasteiger partial charge < -0.3 is 10.5 Å². The zero-order valence-electron chi connectivity index (χ0n) is 10.8. The first-order chi connectivity index (χ1) is 8.84. The lowest BCUT2D eigenvalue weighted by Gasteiger charge is -2.16. The maximum absolute atomic E-state index is 12.2. The third-order valence-corrected chi connectivity index (χ3v) is 4.60. The van der Waals surface area contributed by atoms with E-state index in [4.69, 9.17) is 10.5 Å². The van der Waals surface area contributed by atoms with E-state index in [1.54, 1.807) is 0 Å². The summed E-state index contributed by atoms with van der Waals surface area (Å²) in [7, 11) is -3.79. The highest BCUT2D eigenvalue weighted by Crippen LogP contribution is 2.31. The molecule has 1 heterocycles. The maximum atomic E-state index is 12.2. The average molecular weight is 284 g/mol. The molecule has 0 saturated carbocycles. The number of anilines is 1. The minimum absolute atomic E-state index is 0.00787. The number of ether oxygens (including phenoxy) is 1. The van der Waals surface area contributed by atoms with Crippen molar-refractivity contribution in [2.24, 2.45) is 0 Å². The molecule has 0 aliphatic carbocycles. The minimum Gasteiger partial charge on any atom is -0.399 e. The van der Waals surface area contributed by atoms with E-state index in [9.17, 15) is 13.2 Å². The lowest BCUT2D eigenvalue weighted by molar-refractivity contribution is 0.0627. The van der Waals surface area contributed by atoms with Crippen LogP contribution < -0.4 is 5.73 Å². The van der Waals surface area contributed by atoms with Crippen LogP contribution in [0.15, 0.2) is 23.1 Å². The summed E-state index contributed by atoms with van der Waals surface area (Å²) < 4.78 is 30.6. The lowest BCUT2D eigenvalue weighted by Crippen LogP contribution is -2.33. The molecule has 1 aromatic rings. The average Bonchev–Trinajstić information content (AvgIpc) is 2.49. The van der Waals surface area contributed by atoms with Gasteiger partial charge in [-0.05, 0) is 32.0 Å². The predicted octanol–water partition coefficient (Wildman–Crippen LogP) is 0.838. The molecule has 1 amide bonds. The summed E-state index contributed by atoms with van der Waals surface area (Å²) >= 11 is 0. The first kappa shape index (κ1) is 13.8. The molecular formula is C12H16N2O4S. The molecule has 2 rings (SSSR count). The molecular weight excluding hydrogens is 268 g/mol. The zero-order valence-corrected chi connectivity index (χ0v) is 11.6. The monoisotopic (exact) mass is 284 g/mol. The summed E-state index contributed by atoms with van der Waals surface area (Å²) in [6.45, 7) is 3.87. The number of fused-ring (bicyclic) bond motifs is 1. The van der Waals surface area contributed by atoms with E-state index < -0.39 is 15.9 Å². The molecule has 7 heteroatoms. The highest BCUT2D eigenvalue weighted by Gasteiger charge is 2.40. The second-order valence-electron chi connectivity index (χ2n) is 4.56. The maximum Gasteiger partial charge on any atom is 0.269 e. The lowest BCUT2D eigenvalue weighted by atomic mass is 10.2. The van der Waals surface area contributed by atoms with Gasteiger partial charge in [0.15, 0.2) is 0 Å². The van der Waals surface area contributed by atoms with Gasteiger partial charge >= 0.3 is 0 Å². The third kappa shape index (κ3) is 2.43. The normalized spacial score (nSPS) is 17.0. The summed E-state index contributed by atoms with van der Waals surface area (Å²) in [4.78, 5) is 12.0. The van der Waals surface area contributed by atoms with Crippen LogP contribution >= 0.6 is 0 Å². The van der Waals surface area contributed by atoms with Crippen LogP contribution in [0.1, 0.15) is 24.2 Å². The van der Waals surface area contributed by atoms with Crippen molar-refractivity contribution in [1.29, 1.82) is 0 Å². The van der Waals surface area contributed by atoms with E-state index in [2.05, 4.69) is 0 Å². The Bertz CT molecular complexity index is 610. The second-order valence-corrected chi connectivity index (χ2v) is 6.39. The van der Waals surface area contributed by atoms with Gasteiger partial charge in [-0.15, -0.1) is 0 Å². The molecule has 0 spiro atoms. The SMILES string of the molecule is CC(C)OCCN1C(=O)c2ccc(N)cc2S1(=O)=O. The van der Waals surface area contributed by atoms with Gasteiger partial charge in [0.1, 0.15) is 4.90 Å². The molecule has 104 valence electrons. The summed E-state index contributed by atoms with van der Waals surface area (Å²) in [5.41, 5.74) is 6.04. The van der Waals surface area contributed by atoms with Crippen LogP contribution in [0.25, 0.3) is 0 Å². The van der Waals surface area contributed by atoms with Crippen LogP contribution in [0.2, 0.25) is 0 Å². The zero-order chi connectivity index (χ0) is 14.2. The van der Waals surface area contributed by atoms with Crippen molar-refractivity contribution in [3.8, 4) is 0 Å². The van der Waals surface area contributed by atoms with Crippen LogP contribution in [-0.2, 0) is 14.8 Å². The summed E-state index contributed by atoms with van der Waals surface area (Å²) in [5.74, 6) is -0.526. The number of nitrogens with zero attached hydrogens (tertiary/aromatic N) is 1. The molecule has 1 aliphatic rings. The van der Waals surface area contributed by atoms with Crippen molar-refractivity contribution >= 4 is 21.6 Å². The molecule has 0 atom stereocenters. The fourth-order valence-electron chi connectivity index (χ4n) is 1.88. The highest BCUT2D eigenvalue weighted by atomic mass is 32.2. The number of amides is 1. The van der Waals surface area contributed by atoms with Gasteiger partial charge in [-0.1, -0.05) is 0 Å². The Balaban J connectivity index is 2.28. The van der Waals surface area contributed by atoms with E-state index in [0.29, 0.717) is 5.69 Å². The summed E-state index contributed by atoms with van der Waals surface area (Å²) in [6, 6.07) is 4.26. The van der Waals surface area contributed by atoms with E-state index >= 15 is 0 Å². The first-order valence-corrected chi connectivity index (χ1v) is 7.36. The van der Waals surface area contributed by atoms with Crippen LogP contribution in [-0.4, -0.2) is 37.9 Å². The number of carbonyl (C=O) groups excluding carboxylic acids is 1. The molecule has 2 N–H and O–H groups in total. The van der Waals surface area contributed by atoms with E-state index in [1.807, 2.05) is 13.8 Å². The van der Waals surface area contributed by atoms with Crippen LogP contribution in [0.3, 0.4) is 0 Å². The Kier molecular flexibility index (Phi) is 3.51. The Morgan fingerprint density at radius 3 is 2.68 bits per heavy atom. The van der Waals surface area contributed by atoms with Gasteiger partial charge in [0.2, 0.25) is 0 Å². The number of nitrogen functional groups attached to an aromatic ring is 1. The predicted molar refractivity (Wildman–Crippen MR) is 70.2 cm³/mol. The quantitative estimate of drug-likeness (QED) is 0.827. The smallest absolute Gasteiger partial charge is 0.269 e. The van der Waals surface area contributed by atoms with Gasteiger partial charge in [0.25, 0.3) is 15.9 Å². The van der Waals surface area contributed by atoms with Gasteiger partial charge in [-0.2, -0.15) is 0 Å². The van der Waals surface area contributed by atoms with Crippen molar-refractivity contribution in [1.82, 2.24) is 4.31 Å². The minimum atomic E-state index is -3.79. The molecule has 6 nitrogen and oxygen atoms in total. The number of rotatable bonds is 4. The third-order valence-electron chi connectivity index (χ3n) is 2.78. The Morgan fingerprint density at radius 1 is 1.37 bits per heavy atom. The van der Waals surface area contributed by atoms with E-state index in [1.165, 1.54) is 18.2 Å². The molecule has 0 unspecified atom stereocenters. The number of benzene rings is 1. The fourth-order valence-corrected chi connectivity index (χ4v) is 3.47. The van der Waals surface area contributed by atoms with Crippen molar-refractivity contribution in [3.63, 3.8) is 0 Å². The Morgan fingerprint density at radius 2 is 2.05 bits per heavy atom. The van der Waals surface area contributed by atoms with Gasteiger partial charge in [-0.3, -0.25) is 4.79 Å². The van der Waals surface area contributed by atoms with Crippen molar-refractivity contribution in [2.45, 2.75) is 24.8 Å². The van der Waals surface area contributed by atoms with Crippen LogP contribution in [0.5, 0.6) is 0 Å². The Hall–Kier alpha value is -1.60. The summed E-state index contributed by atoms with van der Waals surface area (Å²) in [6.07, 6.45) is -0.0153. The van der Waals surface area contributed by atoms with Crippen molar-refractivity contribution < 1.29 is 17.9 Å². The topological polar surface area (TPSA) is 89.7 Å². The van der Waals surface area contributed by atoms with Crippen molar-refractivity contribution in [2.75, 3.05) is 18.9 Å². The molecule has 0 saturated heterocycles. The van der Waals surface area contributed by atoms with Crippen molar-refractivity contribution in [3.05, 3.63) is 23.8 Å². The number of sulfonamides is 1. The number of hydrogen-bond acceptors (Lipinski definition) is 5. The highest BCUT2D eigenvalue weighted by molar-refractivity contribution is 7.90. The molecule has 0 radical (unpaired) electrons. The number of hydrogen-bond donors (Lipinski definition) is 1. The number of nitrogens with two attached hydrogens (primary N) is 1. The standard InChI is InChI=1S/C12H16N2O4S/c1-8(2)18-6-5-14-12(15)10-4-3-9(13)7-11(10)19(14,16)17/h3-4,7-8H,5-6,13H2,1-2H3. The Labute approximate surface area is 112 Å². The molecule has 0 bridgehead atoms. The van der Waals surface area contributed by atoms with Crippen LogP contribution in [0, 0.1) is 0 Å². The van der Waals surface area contributed by atoms with E-state index in [-0.39, 0.29) is 29.7 Å². The molecule has 0 aromatic heterocycles. The molecule has 1 aliphatic heterocycles. The van der Waals surface area contributed by atoms with E-state index in [0.717, 1.165) is 4.31 Å².